The Bertz CT molecular complexity index is 964. The first kappa shape index (κ1) is 19.6. The second-order valence-corrected chi connectivity index (χ2v) is 5.51. The molecule has 0 spiro atoms. The van der Waals surface area contributed by atoms with Crippen LogP contribution in [0.25, 0.3) is 11.1 Å². The van der Waals surface area contributed by atoms with Crippen molar-refractivity contribution >= 4 is 23.8 Å². The van der Waals surface area contributed by atoms with Crippen molar-refractivity contribution in [3.63, 3.8) is 0 Å². The first-order valence-corrected chi connectivity index (χ1v) is 7.60. The summed E-state index contributed by atoms with van der Waals surface area (Å²) in [4.78, 5) is 46.8. The largest absolute Gasteiger partial charge is 0.478 e. The molecule has 0 aliphatic carbocycles. The van der Waals surface area contributed by atoms with Gasteiger partial charge in [0.15, 0.2) is 0 Å². The lowest BCUT2D eigenvalue weighted by Crippen LogP contribution is -2.24. The third kappa shape index (κ3) is 3.62. The number of hydrogen-bond acceptors (Lipinski definition) is 5. The monoisotopic (exact) mass is 373 g/mol. The second-order valence-electron chi connectivity index (χ2n) is 5.51. The summed E-state index contributed by atoms with van der Waals surface area (Å²) in [5.74, 6) is -6.51. The number of hydrogen-bond donors (Lipinski definition) is 5. The van der Waals surface area contributed by atoms with Crippen molar-refractivity contribution in [2.24, 2.45) is 5.73 Å². The fourth-order valence-corrected chi connectivity index (χ4v) is 2.88. The van der Waals surface area contributed by atoms with E-state index >= 15 is 0 Å². The molecule has 0 fully saturated rings. The van der Waals surface area contributed by atoms with E-state index in [1.165, 1.54) is 6.07 Å². The van der Waals surface area contributed by atoms with Crippen molar-refractivity contribution in [3.8, 4) is 11.1 Å². The highest BCUT2D eigenvalue weighted by Crippen LogP contribution is 2.34. The SMILES string of the molecule is NC(=O)c1c(-c2ccccc2CCO)cc(C(=O)O)c(C(=O)O)c1C(=O)O. The van der Waals surface area contributed by atoms with Crippen molar-refractivity contribution in [1.82, 2.24) is 0 Å². The lowest BCUT2D eigenvalue weighted by Gasteiger charge is -2.17. The molecule has 0 unspecified atom stereocenters. The van der Waals surface area contributed by atoms with Gasteiger partial charge in [0.25, 0.3) is 0 Å². The molecule has 140 valence electrons. The first-order valence-electron chi connectivity index (χ1n) is 7.60. The van der Waals surface area contributed by atoms with Gasteiger partial charge in [-0.05, 0) is 29.2 Å². The average molecular weight is 373 g/mol. The lowest BCUT2D eigenvalue weighted by molar-refractivity contribution is 0.0631. The number of carboxylic acid groups (broad SMARTS) is 3. The summed E-state index contributed by atoms with van der Waals surface area (Å²) in [5, 5.41) is 37.4. The quantitative estimate of drug-likeness (QED) is 0.479. The Hall–Kier alpha value is -3.72. The zero-order valence-corrected chi connectivity index (χ0v) is 13.8. The number of nitrogens with two attached hydrogens (primary N) is 1. The lowest BCUT2D eigenvalue weighted by atomic mass is 9.86. The van der Waals surface area contributed by atoms with Gasteiger partial charge in [-0.1, -0.05) is 24.3 Å². The Kier molecular flexibility index (Phi) is 5.57. The van der Waals surface area contributed by atoms with E-state index in [9.17, 15) is 39.6 Å². The predicted octanol–water partition coefficient (Wildman–Crippen LogP) is 1.08. The van der Waals surface area contributed by atoms with Gasteiger partial charge in [0, 0.05) is 6.61 Å². The number of aliphatic hydroxyl groups is 1. The molecule has 27 heavy (non-hydrogen) atoms. The van der Waals surface area contributed by atoms with Crippen LogP contribution in [-0.2, 0) is 6.42 Å². The van der Waals surface area contributed by atoms with Crippen LogP contribution in [0.3, 0.4) is 0 Å². The minimum Gasteiger partial charge on any atom is -0.478 e. The predicted molar refractivity (Wildman–Crippen MR) is 92.1 cm³/mol. The summed E-state index contributed by atoms with van der Waals surface area (Å²) >= 11 is 0. The molecule has 9 nitrogen and oxygen atoms in total. The second kappa shape index (κ2) is 7.67. The molecule has 9 heteroatoms. The van der Waals surface area contributed by atoms with Crippen LogP contribution in [0.2, 0.25) is 0 Å². The maximum absolute atomic E-state index is 12.0. The molecular formula is C18H15NO8. The van der Waals surface area contributed by atoms with Crippen LogP contribution in [-0.4, -0.2) is 50.8 Å². The van der Waals surface area contributed by atoms with E-state index in [-0.39, 0.29) is 24.2 Å². The van der Waals surface area contributed by atoms with E-state index in [4.69, 9.17) is 5.73 Å². The Morgan fingerprint density at radius 3 is 1.89 bits per heavy atom. The highest BCUT2D eigenvalue weighted by molar-refractivity contribution is 6.17. The smallest absolute Gasteiger partial charge is 0.337 e. The number of carboxylic acids is 3. The van der Waals surface area contributed by atoms with Gasteiger partial charge < -0.3 is 26.2 Å². The van der Waals surface area contributed by atoms with Crippen LogP contribution in [0.5, 0.6) is 0 Å². The number of aromatic carboxylic acids is 3. The van der Waals surface area contributed by atoms with Crippen molar-refractivity contribution in [2.45, 2.75) is 6.42 Å². The third-order valence-corrected chi connectivity index (χ3v) is 3.92. The van der Waals surface area contributed by atoms with Gasteiger partial charge in [-0.25, -0.2) is 14.4 Å². The minimum absolute atomic E-state index is 0.133. The molecule has 0 saturated heterocycles. The Labute approximate surface area is 152 Å². The number of aliphatic hydroxyl groups excluding tert-OH is 1. The van der Waals surface area contributed by atoms with Gasteiger partial charge in [-0.15, -0.1) is 0 Å². The fraction of sp³-hybridized carbons (Fsp3) is 0.111. The Morgan fingerprint density at radius 2 is 1.41 bits per heavy atom. The standard InChI is InChI=1S/C18H15NO8/c19-15(21)12-10(9-4-2-1-3-8(9)5-6-20)7-11(16(22)23)13(17(24)25)14(12)18(26)27/h1-4,7,20H,5-6H2,(H2,19,21)(H,22,23)(H,24,25)(H,26,27). The van der Waals surface area contributed by atoms with E-state index in [0.717, 1.165) is 6.07 Å². The van der Waals surface area contributed by atoms with Gasteiger partial charge >= 0.3 is 17.9 Å². The Morgan fingerprint density at radius 1 is 0.815 bits per heavy atom. The normalized spacial score (nSPS) is 10.4. The number of carbonyl (C=O) groups excluding carboxylic acids is 1. The molecule has 0 aromatic heterocycles. The molecule has 6 N–H and O–H groups in total. The average Bonchev–Trinajstić information content (AvgIpc) is 2.60. The van der Waals surface area contributed by atoms with Crippen molar-refractivity contribution in [2.75, 3.05) is 6.61 Å². The van der Waals surface area contributed by atoms with Crippen molar-refractivity contribution in [3.05, 3.63) is 58.1 Å². The van der Waals surface area contributed by atoms with Crippen LogP contribution in [0, 0.1) is 0 Å². The van der Waals surface area contributed by atoms with E-state index in [0.29, 0.717) is 5.56 Å². The summed E-state index contributed by atoms with van der Waals surface area (Å²) in [5.41, 5.74) is 2.51. The van der Waals surface area contributed by atoms with Crippen LogP contribution in [0.15, 0.2) is 30.3 Å². The molecule has 0 atom stereocenters. The number of rotatable bonds is 7. The van der Waals surface area contributed by atoms with Crippen LogP contribution in [0.1, 0.15) is 47.0 Å². The van der Waals surface area contributed by atoms with Gasteiger partial charge in [-0.2, -0.15) is 0 Å². The van der Waals surface area contributed by atoms with Crippen molar-refractivity contribution < 1.29 is 39.6 Å². The number of primary amides is 1. The summed E-state index contributed by atoms with van der Waals surface area (Å²) < 4.78 is 0. The number of amides is 1. The van der Waals surface area contributed by atoms with Gasteiger partial charge in [0.05, 0.1) is 22.3 Å². The topological polar surface area (TPSA) is 175 Å². The molecule has 2 aromatic carbocycles. The molecule has 0 bridgehead atoms. The summed E-state index contributed by atoms with van der Waals surface area (Å²) in [6.07, 6.45) is 0.139. The molecule has 0 aliphatic heterocycles. The highest BCUT2D eigenvalue weighted by Gasteiger charge is 2.32. The fourth-order valence-electron chi connectivity index (χ4n) is 2.88. The van der Waals surface area contributed by atoms with Gasteiger partial charge in [0.1, 0.15) is 0 Å². The van der Waals surface area contributed by atoms with E-state index in [2.05, 4.69) is 0 Å². The third-order valence-electron chi connectivity index (χ3n) is 3.92. The summed E-state index contributed by atoms with van der Waals surface area (Å²) in [6.45, 7) is -0.256. The zero-order chi connectivity index (χ0) is 20.3. The van der Waals surface area contributed by atoms with Crippen molar-refractivity contribution in [1.29, 1.82) is 0 Å². The van der Waals surface area contributed by atoms with E-state index < -0.39 is 46.1 Å². The number of benzene rings is 2. The molecule has 0 aliphatic rings. The maximum Gasteiger partial charge on any atom is 0.337 e. The summed E-state index contributed by atoms with van der Waals surface area (Å²) in [6, 6.07) is 7.20. The zero-order valence-electron chi connectivity index (χ0n) is 13.8. The van der Waals surface area contributed by atoms with Crippen LogP contribution in [0.4, 0.5) is 0 Å². The van der Waals surface area contributed by atoms with Crippen LogP contribution < -0.4 is 5.73 Å². The molecular weight excluding hydrogens is 358 g/mol. The van der Waals surface area contributed by atoms with Gasteiger partial charge in [0.2, 0.25) is 5.91 Å². The number of carbonyl (C=O) groups is 4. The molecule has 1 amide bonds. The maximum atomic E-state index is 12.0. The molecule has 0 heterocycles. The van der Waals surface area contributed by atoms with Gasteiger partial charge in [-0.3, -0.25) is 4.79 Å². The molecule has 0 saturated carbocycles. The first-order chi connectivity index (χ1) is 12.7. The molecule has 2 aromatic rings. The summed E-state index contributed by atoms with van der Waals surface area (Å²) in [7, 11) is 0. The molecule has 2 rings (SSSR count). The Balaban J connectivity index is 3.07. The molecule has 0 radical (unpaired) electrons. The van der Waals surface area contributed by atoms with E-state index in [1.807, 2.05) is 0 Å². The minimum atomic E-state index is -1.82. The highest BCUT2D eigenvalue weighted by atomic mass is 16.4. The van der Waals surface area contributed by atoms with E-state index in [1.54, 1.807) is 18.2 Å². The van der Waals surface area contributed by atoms with Crippen LogP contribution >= 0.6 is 0 Å².